The quantitative estimate of drug-likeness (QED) is 0.0640. The van der Waals surface area contributed by atoms with Crippen LogP contribution in [-0.2, 0) is 24.0 Å². The predicted octanol–water partition coefficient (Wildman–Crippen LogP) is -4.22. The Hall–Kier alpha value is -3.46. The molecule has 0 aliphatic carbocycles. The van der Waals surface area contributed by atoms with Crippen molar-refractivity contribution < 1.29 is 39.3 Å². The van der Waals surface area contributed by atoms with Crippen molar-refractivity contribution in [2.75, 3.05) is 13.1 Å². The van der Waals surface area contributed by atoms with Crippen LogP contribution in [0.1, 0.15) is 32.6 Å². The number of aliphatic hydroxyl groups excluding tert-OH is 1. The molecular formula is C17H31N7O8. The number of hydrogen-bond donors (Lipinski definition) is 9. The molecule has 0 fully saturated rings. The summed E-state index contributed by atoms with van der Waals surface area (Å²) in [5, 5.41) is 34.0. The van der Waals surface area contributed by atoms with E-state index in [0.29, 0.717) is 0 Å². The van der Waals surface area contributed by atoms with Crippen molar-refractivity contribution >= 4 is 35.6 Å². The molecule has 32 heavy (non-hydrogen) atoms. The number of nitrogens with two attached hydrogens (primary N) is 3. The Morgan fingerprint density at radius 3 is 2.09 bits per heavy atom. The number of carbonyl (C=O) groups excluding carboxylic acids is 3. The van der Waals surface area contributed by atoms with E-state index < -0.39 is 66.9 Å². The topological polar surface area (TPSA) is 273 Å². The van der Waals surface area contributed by atoms with E-state index in [1.54, 1.807) is 0 Å². The van der Waals surface area contributed by atoms with Crippen LogP contribution in [-0.4, -0.2) is 88.3 Å². The van der Waals surface area contributed by atoms with Crippen LogP contribution in [0.15, 0.2) is 4.99 Å². The number of guanidine groups is 1. The van der Waals surface area contributed by atoms with Gasteiger partial charge in [0.25, 0.3) is 0 Å². The van der Waals surface area contributed by atoms with Gasteiger partial charge in [-0.3, -0.25) is 24.2 Å². The maximum atomic E-state index is 12.3. The van der Waals surface area contributed by atoms with Gasteiger partial charge in [0.15, 0.2) is 5.96 Å². The third kappa shape index (κ3) is 12.3. The molecule has 3 amide bonds. The molecule has 0 aliphatic rings. The number of carbonyl (C=O) groups is 5. The Labute approximate surface area is 183 Å². The molecule has 0 saturated carbocycles. The predicted molar refractivity (Wildman–Crippen MR) is 111 cm³/mol. The summed E-state index contributed by atoms with van der Waals surface area (Å²) >= 11 is 0. The Bertz CT molecular complexity index is 709. The summed E-state index contributed by atoms with van der Waals surface area (Å²) in [5.74, 6) is -5.26. The lowest BCUT2D eigenvalue weighted by Gasteiger charge is -2.21. The molecule has 12 N–H and O–H groups in total. The van der Waals surface area contributed by atoms with Crippen LogP contribution in [0.2, 0.25) is 0 Å². The van der Waals surface area contributed by atoms with E-state index in [0.717, 1.165) is 0 Å². The summed E-state index contributed by atoms with van der Waals surface area (Å²) in [6, 6.07) is -3.94. The molecule has 15 nitrogen and oxygen atoms in total. The monoisotopic (exact) mass is 461 g/mol. The fraction of sp³-hybridized carbons (Fsp3) is 0.647. The zero-order valence-electron chi connectivity index (χ0n) is 17.6. The second kappa shape index (κ2) is 14.5. The molecule has 0 bridgehead atoms. The van der Waals surface area contributed by atoms with Crippen LogP contribution in [0.25, 0.3) is 0 Å². The molecule has 0 rings (SSSR count). The zero-order valence-corrected chi connectivity index (χ0v) is 17.6. The largest absolute Gasteiger partial charge is 0.481 e. The van der Waals surface area contributed by atoms with Crippen molar-refractivity contribution in [2.45, 2.75) is 56.8 Å². The fourth-order valence-corrected chi connectivity index (χ4v) is 2.32. The smallest absolute Gasteiger partial charge is 0.326 e. The van der Waals surface area contributed by atoms with Crippen LogP contribution in [0.3, 0.4) is 0 Å². The van der Waals surface area contributed by atoms with Gasteiger partial charge in [-0.15, -0.1) is 0 Å². The molecule has 0 aromatic heterocycles. The number of aliphatic hydroxyl groups is 1. The van der Waals surface area contributed by atoms with Gasteiger partial charge in [0, 0.05) is 13.0 Å². The third-order valence-corrected chi connectivity index (χ3v) is 4.10. The van der Waals surface area contributed by atoms with Gasteiger partial charge < -0.3 is 48.5 Å². The Balaban J connectivity index is 4.85. The molecule has 4 unspecified atom stereocenters. The third-order valence-electron chi connectivity index (χ3n) is 4.10. The minimum absolute atomic E-state index is 0.0281. The SMILES string of the molecule is CC(O)C(N)C(=O)NC(CCC(=O)O)C(=O)NCC(=O)NC(CCCN=C(N)N)C(=O)O. The van der Waals surface area contributed by atoms with E-state index >= 15 is 0 Å². The van der Waals surface area contributed by atoms with Crippen molar-refractivity contribution in [3.05, 3.63) is 0 Å². The highest BCUT2D eigenvalue weighted by Crippen LogP contribution is 2.01. The average Bonchev–Trinajstić information content (AvgIpc) is 2.69. The van der Waals surface area contributed by atoms with Gasteiger partial charge in [-0.25, -0.2) is 4.79 Å². The fourth-order valence-electron chi connectivity index (χ4n) is 2.32. The lowest BCUT2D eigenvalue weighted by atomic mass is 10.1. The van der Waals surface area contributed by atoms with Crippen LogP contribution in [0.5, 0.6) is 0 Å². The molecule has 0 aromatic carbocycles. The zero-order chi connectivity index (χ0) is 24.8. The number of rotatable bonds is 15. The number of hydrogen-bond acceptors (Lipinski definition) is 8. The molecule has 0 spiro atoms. The van der Waals surface area contributed by atoms with E-state index in [2.05, 4.69) is 20.9 Å². The Morgan fingerprint density at radius 2 is 1.59 bits per heavy atom. The minimum Gasteiger partial charge on any atom is -0.481 e. The first-order valence-corrected chi connectivity index (χ1v) is 9.66. The van der Waals surface area contributed by atoms with Gasteiger partial charge >= 0.3 is 11.9 Å². The molecule has 15 heteroatoms. The first-order chi connectivity index (χ1) is 14.8. The van der Waals surface area contributed by atoms with Crippen molar-refractivity contribution in [1.29, 1.82) is 0 Å². The minimum atomic E-state index is -1.35. The Morgan fingerprint density at radius 1 is 0.969 bits per heavy atom. The maximum Gasteiger partial charge on any atom is 0.326 e. The summed E-state index contributed by atoms with van der Waals surface area (Å²) in [7, 11) is 0. The molecular weight excluding hydrogens is 430 g/mol. The second-order valence-electron chi connectivity index (χ2n) is 6.88. The number of nitrogens with one attached hydrogen (secondary N) is 3. The lowest BCUT2D eigenvalue weighted by Crippen LogP contribution is -2.55. The van der Waals surface area contributed by atoms with E-state index in [9.17, 15) is 34.2 Å². The molecule has 0 aromatic rings. The highest BCUT2D eigenvalue weighted by molar-refractivity contribution is 5.93. The average molecular weight is 461 g/mol. The number of aliphatic imine (C=N–C) groups is 1. The number of amides is 3. The normalized spacial score (nSPS) is 14.2. The summed E-state index contributed by atoms with van der Waals surface area (Å²) in [5.41, 5.74) is 15.8. The Kier molecular flexibility index (Phi) is 13.0. The number of nitrogens with zero attached hydrogens (tertiary/aromatic N) is 1. The molecule has 4 atom stereocenters. The maximum absolute atomic E-state index is 12.3. The molecule has 182 valence electrons. The van der Waals surface area contributed by atoms with Crippen molar-refractivity contribution in [2.24, 2.45) is 22.2 Å². The highest BCUT2D eigenvalue weighted by Gasteiger charge is 2.27. The first-order valence-electron chi connectivity index (χ1n) is 9.66. The molecule has 0 radical (unpaired) electrons. The van der Waals surface area contributed by atoms with E-state index in [1.807, 2.05) is 0 Å². The van der Waals surface area contributed by atoms with E-state index in [1.165, 1.54) is 6.92 Å². The number of carboxylic acid groups (broad SMARTS) is 2. The molecule has 0 saturated heterocycles. The van der Waals surface area contributed by atoms with Crippen LogP contribution in [0, 0.1) is 0 Å². The van der Waals surface area contributed by atoms with Gasteiger partial charge in [0.05, 0.1) is 12.6 Å². The molecule has 0 aliphatic heterocycles. The standard InChI is InChI=1S/C17H31N7O8/c1-8(25)13(18)15(30)24-9(4-5-12(27)28)14(29)22-7-11(26)23-10(16(31)32)3-2-6-21-17(19)20/h8-10,13,25H,2-7,18H2,1H3,(H,22,29)(H,23,26)(H,24,30)(H,27,28)(H,31,32)(H4,19,20,21). The van der Waals surface area contributed by atoms with Gasteiger partial charge in [-0.2, -0.15) is 0 Å². The van der Waals surface area contributed by atoms with Crippen LogP contribution >= 0.6 is 0 Å². The van der Waals surface area contributed by atoms with E-state index in [4.69, 9.17) is 22.3 Å². The highest BCUT2D eigenvalue weighted by atomic mass is 16.4. The van der Waals surface area contributed by atoms with E-state index in [-0.39, 0.29) is 31.8 Å². The summed E-state index contributed by atoms with van der Waals surface area (Å²) < 4.78 is 0. The molecule has 0 heterocycles. The first kappa shape index (κ1) is 28.5. The number of carboxylic acids is 2. The summed E-state index contributed by atoms with van der Waals surface area (Å²) in [6.45, 7) is 0.799. The van der Waals surface area contributed by atoms with Gasteiger partial charge in [0.2, 0.25) is 17.7 Å². The van der Waals surface area contributed by atoms with Crippen molar-refractivity contribution in [3.63, 3.8) is 0 Å². The summed E-state index contributed by atoms with van der Waals surface area (Å²) in [4.78, 5) is 62.1. The number of aliphatic carboxylic acids is 2. The van der Waals surface area contributed by atoms with Gasteiger partial charge in [0.1, 0.15) is 18.1 Å². The van der Waals surface area contributed by atoms with Crippen molar-refractivity contribution in [3.8, 4) is 0 Å². The lowest BCUT2D eigenvalue weighted by molar-refractivity contribution is -0.142. The summed E-state index contributed by atoms with van der Waals surface area (Å²) in [6.07, 6.45) is -1.69. The van der Waals surface area contributed by atoms with Crippen LogP contribution < -0.4 is 33.2 Å². The van der Waals surface area contributed by atoms with Crippen molar-refractivity contribution in [1.82, 2.24) is 16.0 Å². The van der Waals surface area contributed by atoms with Gasteiger partial charge in [-0.05, 0) is 26.2 Å². The van der Waals surface area contributed by atoms with Gasteiger partial charge in [-0.1, -0.05) is 0 Å². The van der Waals surface area contributed by atoms with Crippen LogP contribution in [0.4, 0.5) is 0 Å². The second-order valence-corrected chi connectivity index (χ2v) is 6.88.